The maximum absolute atomic E-state index is 12.1. The number of aromatic nitrogens is 4. The van der Waals surface area contributed by atoms with Crippen LogP contribution in [0.15, 0.2) is 6.33 Å². The van der Waals surface area contributed by atoms with E-state index in [0.717, 1.165) is 38.4 Å². The minimum absolute atomic E-state index is 0.116. The van der Waals surface area contributed by atoms with Crippen molar-refractivity contribution in [2.24, 2.45) is 5.92 Å². The number of hydrogen-bond donors (Lipinski definition) is 1. The third-order valence-corrected chi connectivity index (χ3v) is 4.25. The van der Waals surface area contributed by atoms with E-state index in [1.165, 1.54) is 23.9 Å². The molecule has 7 nitrogen and oxygen atoms in total. The molecule has 2 saturated heterocycles. The molecule has 19 heavy (non-hydrogen) atoms. The molecule has 0 spiro atoms. The molecule has 2 aliphatic rings. The second-order valence-corrected chi connectivity index (χ2v) is 5.43. The molecule has 7 heteroatoms. The van der Waals surface area contributed by atoms with Crippen molar-refractivity contribution in [1.29, 1.82) is 0 Å². The number of carbonyl (C=O) groups is 1. The first kappa shape index (κ1) is 12.5. The summed E-state index contributed by atoms with van der Waals surface area (Å²) in [4.78, 5) is 14.0. The average molecular weight is 264 g/mol. The first-order valence-corrected chi connectivity index (χ1v) is 7.05. The van der Waals surface area contributed by atoms with Gasteiger partial charge in [-0.2, -0.15) is 0 Å². The second-order valence-electron chi connectivity index (χ2n) is 5.43. The number of rotatable bonds is 3. The van der Waals surface area contributed by atoms with Crippen LogP contribution in [-0.4, -0.2) is 56.7 Å². The largest absolute Gasteiger partial charge is 0.341 e. The van der Waals surface area contributed by atoms with Gasteiger partial charge in [-0.15, -0.1) is 5.10 Å². The predicted molar refractivity (Wildman–Crippen MR) is 68.1 cm³/mol. The van der Waals surface area contributed by atoms with Crippen LogP contribution < -0.4 is 5.32 Å². The van der Waals surface area contributed by atoms with Crippen molar-refractivity contribution in [3.63, 3.8) is 0 Å². The van der Waals surface area contributed by atoms with Crippen molar-refractivity contribution in [1.82, 2.24) is 30.4 Å². The number of nitrogens with one attached hydrogen (secondary N) is 1. The van der Waals surface area contributed by atoms with Crippen molar-refractivity contribution in [3.8, 4) is 0 Å². The van der Waals surface area contributed by atoms with Crippen LogP contribution in [-0.2, 0) is 11.3 Å². The quantitative estimate of drug-likeness (QED) is 0.808. The topological polar surface area (TPSA) is 75.9 Å². The van der Waals surface area contributed by atoms with Gasteiger partial charge >= 0.3 is 0 Å². The third-order valence-electron chi connectivity index (χ3n) is 4.25. The maximum atomic E-state index is 12.1. The SMILES string of the molecule is O=C(Cn1cnnn1)N1CCC(C2CCCN2)CC1. The van der Waals surface area contributed by atoms with E-state index >= 15 is 0 Å². The molecule has 1 amide bonds. The van der Waals surface area contributed by atoms with Gasteiger partial charge in [0.1, 0.15) is 12.9 Å². The molecule has 0 bridgehead atoms. The summed E-state index contributed by atoms with van der Waals surface area (Å²) in [5.41, 5.74) is 0. The van der Waals surface area contributed by atoms with Crippen LogP contribution in [0.5, 0.6) is 0 Å². The number of likely N-dealkylation sites (tertiary alicyclic amines) is 1. The molecule has 0 radical (unpaired) electrons. The second kappa shape index (κ2) is 5.64. The molecule has 3 heterocycles. The lowest BCUT2D eigenvalue weighted by Gasteiger charge is -2.34. The number of piperidine rings is 1. The number of nitrogens with zero attached hydrogens (tertiary/aromatic N) is 5. The van der Waals surface area contributed by atoms with Crippen LogP contribution in [0.3, 0.4) is 0 Å². The standard InChI is InChI=1S/C12H20N6O/c19-12(8-18-9-14-15-16-18)17-6-3-10(4-7-17)11-2-1-5-13-11/h9-11,13H,1-8H2. The molecule has 0 saturated carbocycles. The van der Waals surface area contributed by atoms with E-state index in [1.807, 2.05) is 4.90 Å². The van der Waals surface area contributed by atoms with Crippen LogP contribution >= 0.6 is 0 Å². The summed E-state index contributed by atoms with van der Waals surface area (Å²) >= 11 is 0. The van der Waals surface area contributed by atoms with E-state index in [2.05, 4.69) is 20.8 Å². The van der Waals surface area contributed by atoms with Crippen molar-refractivity contribution in [3.05, 3.63) is 6.33 Å². The lowest BCUT2D eigenvalue weighted by atomic mass is 9.88. The Bertz CT molecular complexity index is 406. The molecule has 0 aliphatic carbocycles. The van der Waals surface area contributed by atoms with Gasteiger partial charge in [0.15, 0.2) is 0 Å². The Morgan fingerprint density at radius 1 is 1.32 bits per heavy atom. The van der Waals surface area contributed by atoms with E-state index in [9.17, 15) is 4.79 Å². The Kier molecular flexibility index (Phi) is 3.72. The number of tetrazole rings is 1. The van der Waals surface area contributed by atoms with Crippen molar-refractivity contribution >= 4 is 5.91 Å². The van der Waals surface area contributed by atoms with Gasteiger partial charge in [-0.25, -0.2) is 4.68 Å². The number of amides is 1. The summed E-state index contributed by atoms with van der Waals surface area (Å²) in [7, 11) is 0. The van der Waals surface area contributed by atoms with E-state index in [-0.39, 0.29) is 12.5 Å². The molecule has 2 aliphatic heterocycles. The monoisotopic (exact) mass is 264 g/mol. The Labute approximate surface area is 112 Å². The van der Waals surface area contributed by atoms with Gasteiger partial charge in [-0.3, -0.25) is 4.79 Å². The molecule has 1 unspecified atom stereocenters. The summed E-state index contributed by atoms with van der Waals surface area (Å²) in [6.07, 6.45) is 6.29. The van der Waals surface area contributed by atoms with Crippen molar-refractivity contribution in [2.75, 3.05) is 19.6 Å². The number of hydrogen-bond acceptors (Lipinski definition) is 5. The lowest BCUT2D eigenvalue weighted by Crippen LogP contribution is -2.44. The fraction of sp³-hybridized carbons (Fsp3) is 0.833. The fourth-order valence-electron chi connectivity index (χ4n) is 3.16. The minimum Gasteiger partial charge on any atom is -0.341 e. The first-order chi connectivity index (χ1) is 9.33. The zero-order valence-corrected chi connectivity index (χ0v) is 11.0. The molecule has 1 aromatic rings. The zero-order chi connectivity index (χ0) is 13.1. The van der Waals surface area contributed by atoms with Gasteiger partial charge < -0.3 is 10.2 Å². The highest BCUT2D eigenvalue weighted by Gasteiger charge is 2.29. The van der Waals surface area contributed by atoms with Crippen LogP contribution in [0, 0.1) is 5.92 Å². The Balaban J connectivity index is 1.48. The molecule has 3 rings (SSSR count). The molecule has 104 valence electrons. The molecule has 1 N–H and O–H groups in total. The smallest absolute Gasteiger partial charge is 0.244 e. The molecule has 2 fully saturated rings. The zero-order valence-electron chi connectivity index (χ0n) is 11.0. The summed E-state index contributed by atoms with van der Waals surface area (Å²) in [6.45, 7) is 3.13. The Hall–Kier alpha value is -1.50. The van der Waals surface area contributed by atoms with Crippen LogP contribution in [0.1, 0.15) is 25.7 Å². The summed E-state index contributed by atoms with van der Waals surface area (Å²) in [6, 6.07) is 0.678. The first-order valence-electron chi connectivity index (χ1n) is 7.05. The summed E-state index contributed by atoms with van der Waals surface area (Å²) in [5, 5.41) is 14.4. The van der Waals surface area contributed by atoms with Gasteiger partial charge in [0, 0.05) is 19.1 Å². The van der Waals surface area contributed by atoms with E-state index < -0.39 is 0 Å². The van der Waals surface area contributed by atoms with Crippen molar-refractivity contribution in [2.45, 2.75) is 38.3 Å². The van der Waals surface area contributed by atoms with Crippen LogP contribution in [0.4, 0.5) is 0 Å². The van der Waals surface area contributed by atoms with E-state index in [0.29, 0.717) is 6.04 Å². The lowest BCUT2D eigenvalue weighted by molar-refractivity contribution is -0.133. The maximum Gasteiger partial charge on any atom is 0.244 e. The summed E-state index contributed by atoms with van der Waals surface area (Å²) < 4.78 is 1.48. The van der Waals surface area contributed by atoms with Gasteiger partial charge in [0.25, 0.3) is 0 Å². The Morgan fingerprint density at radius 3 is 2.79 bits per heavy atom. The number of carbonyl (C=O) groups excluding carboxylic acids is 1. The van der Waals surface area contributed by atoms with Gasteiger partial charge in [0.05, 0.1) is 0 Å². The van der Waals surface area contributed by atoms with E-state index in [4.69, 9.17) is 0 Å². The summed E-state index contributed by atoms with van der Waals surface area (Å²) in [5.74, 6) is 0.852. The van der Waals surface area contributed by atoms with E-state index in [1.54, 1.807) is 0 Å². The molecule has 1 aromatic heterocycles. The van der Waals surface area contributed by atoms with Gasteiger partial charge in [0.2, 0.25) is 5.91 Å². The highest BCUT2D eigenvalue weighted by Crippen LogP contribution is 2.25. The molecule has 0 aromatic carbocycles. The minimum atomic E-state index is 0.116. The fourth-order valence-corrected chi connectivity index (χ4v) is 3.16. The highest BCUT2D eigenvalue weighted by atomic mass is 16.2. The third kappa shape index (κ3) is 2.91. The van der Waals surface area contributed by atoms with Crippen LogP contribution in [0.2, 0.25) is 0 Å². The Morgan fingerprint density at radius 2 is 2.16 bits per heavy atom. The van der Waals surface area contributed by atoms with Crippen molar-refractivity contribution < 1.29 is 4.79 Å². The normalized spacial score (nSPS) is 24.8. The average Bonchev–Trinajstić information content (AvgIpc) is 3.12. The highest BCUT2D eigenvalue weighted by molar-refractivity contribution is 5.75. The van der Waals surface area contributed by atoms with Gasteiger partial charge in [-0.05, 0) is 48.6 Å². The molecular weight excluding hydrogens is 244 g/mol. The predicted octanol–water partition coefficient (Wildman–Crippen LogP) is -0.336. The van der Waals surface area contributed by atoms with Gasteiger partial charge in [-0.1, -0.05) is 0 Å². The van der Waals surface area contributed by atoms with Crippen LogP contribution in [0.25, 0.3) is 0 Å². The molecule has 1 atom stereocenters. The molecular formula is C12H20N6O.